The first kappa shape index (κ1) is 33.8. The van der Waals surface area contributed by atoms with E-state index in [1.54, 1.807) is 6.07 Å². The lowest BCUT2D eigenvalue weighted by Gasteiger charge is -2.44. The van der Waals surface area contributed by atoms with Crippen molar-refractivity contribution in [1.29, 1.82) is 0 Å². The Hall–Kier alpha value is -4.42. The van der Waals surface area contributed by atoms with Crippen molar-refractivity contribution < 1.29 is 61.9 Å². The highest BCUT2D eigenvalue weighted by atomic mass is 16.6. The van der Waals surface area contributed by atoms with Crippen LogP contribution < -0.4 is 9.47 Å². The molecule has 230 valence electrons. The van der Waals surface area contributed by atoms with Crippen LogP contribution in [0.4, 0.5) is 0 Å². The van der Waals surface area contributed by atoms with Crippen LogP contribution in [0.5, 0.6) is 11.5 Å². The van der Waals surface area contributed by atoms with E-state index < -0.39 is 72.6 Å². The van der Waals surface area contributed by atoms with Crippen molar-refractivity contribution >= 4 is 41.9 Å². The van der Waals surface area contributed by atoms with Gasteiger partial charge in [0.25, 0.3) is 0 Å². The topological polar surface area (TPSA) is 167 Å². The molecule has 1 aromatic carbocycles. The molecule has 13 nitrogen and oxygen atoms in total. The summed E-state index contributed by atoms with van der Waals surface area (Å²) < 4.78 is 37.4. The number of ether oxygens (including phenoxy) is 7. The van der Waals surface area contributed by atoms with Gasteiger partial charge in [-0.3, -0.25) is 19.2 Å². The fourth-order valence-corrected chi connectivity index (χ4v) is 4.37. The van der Waals surface area contributed by atoms with Gasteiger partial charge in [-0.1, -0.05) is 19.4 Å². The minimum Gasteiger partial charge on any atom is -0.493 e. The zero-order valence-corrected chi connectivity index (χ0v) is 24.5. The van der Waals surface area contributed by atoms with Gasteiger partial charge >= 0.3 is 35.8 Å². The SMILES string of the molecule is CCCCOC(=O)C1(OC(C)=O)CC(OC(C)=O)C(OC(=O)/C=C/c2ccc(OC(C)=O)c(OC)c2)[C@H](OC(C)=O)C1. The molecular weight excluding hydrogens is 556 g/mol. The largest absolute Gasteiger partial charge is 0.493 e. The number of hydrogen-bond donors (Lipinski definition) is 0. The Kier molecular flexibility index (Phi) is 12.5. The van der Waals surface area contributed by atoms with Gasteiger partial charge in [0.15, 0.2) is 17.6 Å². The minimum absolute atomic E-state index is 0.0463. The summed E-state index contributed by atoms with van der Waals surface area (Å²) in [5.41, 5.74) is -1.49. The van der Waals surface area contributed by atoms with E-state index in [1.165, 1.54) is 32.2 Å². The normalized spacial score (nSPS) is 21.5. The van der Waals surface area contributed by atoms with Crippen LogP contribution in [0.25, 0.3) is 6.08 Å². The molecule has 2 rings (SSSR count). The second-order valence-electron chi connectivity index (χ2n) is 9.52. The quantitative estimate of drug-likeness (QED) is 0.114. The molecule has 0 saturated heterocycles. The molecule has 0 N–H and O–H groups in total. The van der Waals surface area contributed by atoms with E-state index in [-0.39, 0.29) is 18.1 Å². The summed E-state index contributed by atoms with van der Waals surface area (Å²) in [5.74, 6) is -4.30. The van der Waals surface area contributed by atoms with E-state index in [0.29, 0.717) is 12.0 Å². The molecule has 4 atom stereocenters. The summed E-state index contributed by atoms with van der Waals surface area (Å²) in [6.45, 7) is 6.48. The van der Waals surface area contributed by atoms with Crippen molar-refractivity contribution in [3.8, 4) is 11.5 Å². The van der Waals surface area contributed by atoms with Crippen molar-refractivity contribution in [2.75, 3.05) is 13.7 Å². The van der Waals surface area contributed by atoms with E-state index in [9.17, 15) is 28.8 Å². The third kappa shape index (κ3) is 9.89. The summed E-state index contributed by atoms with van der Waals surface area (Å²) in [6, 6.07) is 4.56. The molecule has 1 aliphatic carbocycles. The Morgan fingerprint density at radius 3 is 1.98 bits per heavy atom. The Morgan fingerprint density at radius 1 is 0.857 bits per heavy atom. The molecule has 0 heterocycles. The maximum atomic E-state index is 13.2. The molecule has 0 spiro atoms. The van der Waals surface area contributed by atoms with Gasteiger partial charge in [-0.05, 0) is 30.2 Å². The second-order valence-corrected chi connectivity index (χ2v) is 9.52. The van der Waals surface area contributed by atoms with Crippen LogP contribution in [0.15, 0.2) is 24.3 Å². The van der Waals surface area contributed by atoms with Gasteiger partial charge in [-0.25, -0.2) is 9.59 Å². The highest BCUT2D eigenvalue weighted by molar-refractivity contribution is 5.88. The summed E-state index contributed by atoms with van der Waals surface area (Å²) >= 11 is 0. The molecule has 0 radical (unpaired) electrons. The first-order valence-corrected chi connectivity index (χ1v) is 13.3. The average molecular weight is 593 g/mol. The fraction of sp³-hybridized carbons (Fsp3) is 0.517. The highest BCUT2D eigenvalue weighted by Crippen LogP contribution is 2.38. The van der Waals surface area contributed by atoms with Crippen LogP contribution in [-0.2, 0) is 52.5 Å². The van der Waals surface area contributed by atoms with Crippen LogP contribution in [0.3, 0.4) is 0 Å². The molecule has 0 aromatic heterocycles. The van der Waals surface area contributed by atoms with Gasteiger partial charge in [-0.15, -0.1) is 0 Å². The lowest BCUT2D eigenvalue weighted by atomic mass is 9.78. The number of carbonyl (C=O) groups excluding carboxylic acids is 6. The van der Waals surface area contributed by atoms with Crippen LogP contribution in [0.2, 0.25) is 0 Å². The third-order valence-electron chi connectivity index (χ3n) is 5.98. The number of benzene rings is 1. The van der Waals surface area contributed by atoms with E-state index >= 15 is 0 Å². The van der Waals surface area contributed by atoms with E-state index in [1.807, 2.05) is 6.92 Å². The molecule has 42 heavy (non-hydrogen) atoms. The zero-order valence-electron chi connectivity index (χ0n) is 24.5. The summed E-state index contributed by atoms with van der Waals surface area (Å²) in [5, 5.41) is 0. The number of methoxy groups -OCH3 is 1. The van der Waals surface area contributed by atoms with Crippen LogP contribution >= 0.6 is 0 Å². The molecule has 0 amide bonds. The van der Waals surface area contributed by atoms with Gasteiger partial charge in [0, 0.05) is 46.6 Å². The van der Waals surface area contributed by atoms with Gasteiger partial charge < -0.3 is 33.2 Å². The molecule has 0 aliphatic heterocycles. The standard InChI is InChI=1S/C29H36O13/c1-7-8-13-37-28(35)29(42-20(5)33)15-24(39-18(3)31)27(25(16-29)40-19(4)32)41-26(34)12-10-21-9-11-22(38-17(2)30)23(14-21)36-6/h9-12,14,24-25,27H,7-8,13,15-16H2,1-6H3/b12-10+/t24-,25?,27?,29?/m1/s1. The Morgan fingerprint density at radius 2 is 1.48 bits per heavy atom. The first-order valence-electron chi connectivity index (χ1n) is 13.3. The van der Waals surface area contributed by atoms with Crippen molar-refractivity contribution in [3.63, 3.8) is 0 Å². The molecule has 1 fully saturated rings. The van der Waals surface area contributed by atoms with Gasteiger partial charge in [0.05, 0.1) is 13.7 Å². The van der Waals surface area contributed by atoms with E-state index in [2.05, 4.69) is 0 Å². The first-order chi connectivity index (χ1) is 19.8. The Bertz CT molecular complexity index is 1180. The molecule has 0 bridgehead atoms. The maximum Gasteiger partial charge on any atom is 0.350 e. The van der Waals surface area contributed by atoms with Crippen molar-refractivity contribution in [2.24, 2.45) is 0 Å². The number of hydrogen-bond acceptors (Lipinski definition) is 13. The number of carbonyl (C=O) groups is 6. The van der Waals surface area contributed by atoms with Crippen LogP contribution in [0, 0.1) is 0 Å². The zero-order chi connectivity index (χ0) is 31.4. The monoisotopic (exact) mass is 592 g/mol. The van der Waals surface area contributed by atoms with Crippen molar-refractivity contribution in [3.05, 3.63) is 29.8 Å². The second kappa shape index (κ2) is 15.5. The van der Waals surface area contributed by atoms with Gasteiger partial charge in [-0.2, -0.15) is 0 Å². The number of rotatable bonds is 12. The Labute approximate surface area is 243 Å². The van der Waals surface area contributed by atoms with Gasteiger partial charge in [0.1, 0.15) is 12.2 Å². The number of esters is 6. The fourth-order valence-electron chi connectivity index (χ4n) is 4.37. The lowest BCUT2D eigenvalue weighted by molar-refractivity contribution is -0.222. The Balaban J connectivity index is 2.38. The predicted molar refractivity (Wildman–Crippen MR) is 144 cm³/mol. The highest BCUT2D eigenvalue weighted by Gasteiger charge is 2.58. The number of unbranched alkanes of at least 4 members (excludes halogenated alkanes) is 1. The maximum absolute atomic E-state index is 13.2. The lowest BCUT2D eigenvalue weighted by Crippen LogP contribution is -2.61. The van der Waals surface area contributed by atoms with Crippen molar-refractivity contribution in [2.45, 2.75) is 84.2 Å². The molecule has 1 aromatic rings. The minimum atomic E-state index is -1.97. The molecular formula is C29H36O13. The molecule has 1 saturated carbocycles. The summed E-state index contributed by atoms with van der Waals surface area (Å²) in [6.07, 6.45) is -1.13. The van der Waals surface area contributed by atoms with Crippen LogP contribution in [-0.4, -0.2) is 73.4 Å². The third-order valence-corrected chi connectivity index (χ3v) is 5.98. The van der Waals surface area contributed by atoms with Crippen molar-refractivity contribution in [1.82, 2.24) is 0 Å². The molecule has 13 heteroatoms. The molecule has 1 aliphatic rings. The molecule has 3 unspecified atom stereocenters. The smallest absolute Gasteiger partial charge is 0.350 e. The van der Waals surface area contributed by atoms with E-state index in [4.69, 9.17) is 33.2 Å². The summed E-state index contributed by atoms with van der Waals surface area (Å²) in [7, 11) is 1.38. The predicted octanol–water partition coefficient (Wildman–Crippen LogP) is 2.85. The van der Waals surface area contributed by atoms with E-state index in [0.717, 1.165) is 33.3 Å². The average Bonchev–Trinajstić information content (AvgIpc) is 2.88. The van der Waals surface area contributed by atoms with Crippen LogP contribution in [0.1, 0.15) is 65.9 Å². The van der Waals surface area contributed by atoms with Gasteiger partial charge in [0.2, 0.25) is 5.60 Å². The summed E-state index contributed by atoms with van der Waals surface area (Å²) in [4.78, 5) is 73.4.